The lowest BCUT2D eigenvalue weighted by atomic mass is 10.1. The van der Waals surface area contributed by atoms with Gasteiger partial charge in [0.05, 0.1) is 6.54 Å². The average molecular weight is 440 g/mol. The molecule has 1 unspecified atom stereocenters. The van der Waals surface area contributed by atoms with Crippen LogP contribution in [0.3, 0.4) is 0 Å². The van der Waals surface area contributed by atoms with Crippen molar-refractivity contribution in [2.45, 2.75) is 19.4 Å². The fourth-order valence-electron chi connectivity index (χ4n) is 4.32. The Hall–Kier alpha value is -3.13. The molecule has 0 radical (unpaired) electrons. The Morgan fingerprint density at radius 1 is 1.16 bits per heavy atom. The molecule has 1 fully saturated rings. The maximum atomic E-state index is 14.1. The number of hydrogen-bond acceptors (Lipinski definition) is 5. The second kappa shape index (κ2) is 9.16. The Labute approximate surface area is 188 Å². The van der Waals surface area contributed by atoms with Crippen molar-refractivity contribution in [1.82, 2.24) is 9.80 Å². The number of halogens is 1. The number of nitrogens with zero attached hydrogens (tertiary/aromatic N) is 3. The molecule has 0 spiro atoms. The molecule has 8 heteroatoms. The average Bonchev–Trinajstić information content (AvgIpc) is 3.23. The third-order valence-electron chi connectivity index (χ3n) is 6.07. The van der Waals surface area contributed by atoms with E-state index < -0.39 is 6.04 Å². The maximum absolute atomic E-state index is 14.1. The third-order valence-corrected chi connectivity index (χ3v) is 6.07. The van der Waals surface area contributed by atoms with Gasteiger partial charge in [0.15, 0.2) is 0 Å². The zero-order chi connectivity index (χ0) is 22.8. The zero-order valence-electron chi connectivity index (χ0n) is 18.8. The summed E-state index contributed by atoms with van der Waals surface area (Å²) in [6, 6.07) is 10.4. The van der Waals surface area contributed by atoms with E-state index in [4.69, 9.17) is 0 Å². The van der Waals surface area contributed by atoms with Crippen LogP contribution in [0.1, 0.15) is 11.1 Å². The number of amides is 2. The van der Waals surface area contributed by atoms with Crippen molar-refractivity contribution in [3.8, 4) is 0 Å². The first-order chi connectivity index (χ1) is 15.3. The first kappa shape index (κ1) is 22.1. The Morgan fingerprint density at radius 2 is 1.91 bits per heavy atom. The van der Waals surface area contributed by atoms with Crippen LogP contribution in [0.25, 0.3) is 0 Å². The molecule has 2 aromatic carbocycles. The first-order valence-electron chi connectivity index (χ1n) is 10.9. The summed E-state index contributed by atoms with van der Waals surface area (Å²) in [4.78, 5) is 31.1. The lowest BCUT2D eigenvalue weighted by Gasteiger charge is -2.36. The highest BCUT2D eigenvalue weighted by atomic mass is 19.1. The smallest absolute Gasteiger partial charge is 0.247 e. The Bertz CT molecular complexity index is 986. The van der Waals surface area contributed by atoms with Gasteiger partial charge in [0.25, 0.3) is 0 Å². The number of carbonyl (C=O) groups excluding carboxylic acids is 2. The largest absolute Gasteiger partial charge is 0.373 e. The molecular weight excluding hydrogens is 409 g/mol. The molecule has 0 aromatic heterocycles. The third kappa shape index (κ3) is 4.70. The van der Waals surface area contributed by atoms with Gasteiger partial charge >= 0.3 is 0 Å². The minimum Gasteiger partial charge on any atom is -0.373 e. The Kier molecular flexibility index (Phi) is 6.32. The number of aryl methyl sites for hydroxylation is 1. The molecule has 0 saturated carbocycles. The second-order valence-corrected chi connectivity index (χ2v) is 8.76. The molecule has 4 rings (SSSR count). The summed E-state index contributed by atoms with van der Waals surface area (Å²) in [5.41, 5.74) is 3.93. The van der Waals surface area contributed by atoms with Gasteiger partial charge in [-0.05, 0) is 50.8 Å². The summed E-state index contributed by atoms with van der Waals surface area (Å²) in [7, 11) is 3.79. The molecular formula is C24H30FN5O2. The minimum atomic E-state index is -0.504. The normalized spacial score (nSPS) is 17.8. The van der Waals surface area contributed by atoms with Crippen LogP contribution >= 0.6 is 0 Å². The quantitative estimate of drug-likeness (QED) is 0.749. The number of hydrogen-bond donors (Lipinski definition) is 2. The molecule has 2 amide bonds. The van der Waals surface area contributed by atoms with Crippen molar-refractivity contribution in [2.75, 3.05) is 62.4 Å². The molecule has 2 aromatic rings. The SMILES string of the molecule is Cc1ccc(F)c2c1NC(C(=O)Nc1cccc(N3CCN(C(=O)CN(C)C)CC3)c1)C2. The van der Waals surface area contributed by atoms with Crippen molar-refractivity contribution in [1.29, 1.82) is 0 Å². The van der Waals surface area contributed by atoms with E-state index in [2.05, 4.69) is 15.5 Å². The maximum Gasteiger partial charge on any atom is 0.247 e. The molecule has 2 N–H and O–H groups in total. The van der Waals surface area contributed by atoms with E-state index in [0.29, 0.717) is 37.3 Å². The topological polar surface area (TPSA) is 67.9 Å². The molecule has 2 heterocycles. The number of carbonyl (C=O) groups is 2. The predicted octanol–water partition coefficient (Wildman–Crippen LogP) is 2.32. The van der Waals surface area contributed by atoms with E-state index in [1.165, 1.54) is 6.07 Å². The molecule has 7 nitrogen and oxygen atoms in total. The molecule has 0 bridgehead atoms. The van der Waals surface area contributed by atoms with Crippen LogP contribution in [0.2, 0.25) is 0 Å². The van der Waals surface area contributed by atoms with Gasteiger partial charge in [0.1, 0.15) is 11.9 Å². The molecule has 2 aliphatic rings. The number of piperazine rings is 1. The molecule has 1 saturated heterocycles. The van der Waals surface area contributed by atoms with Crippen molar-refractivity contribution < 1.29 is 14.0 Å². The van der Waals surface area contributed by atoms with E-state index in [9.17, 15) is 14.0 Å². The van der Waals surface area contributed by atoms with Crippen LogP contribution in [-0.2, 0) is 16.0 Å². The fraction of sp³-hybridized carbons (Fsp3) is 0.417. The number of anilines is 3. The van der Waals surface area contributed by atoms with Crippen molar-refractivity contribution in [3.63, 3.8) is 0 Å². The van der Waals surface area contributed by atoms with Gasteiger partial charge in [-0.1, -0.05) is 12.1 Å². The standard InChI is InChI=1S/C24H30FN5O2/c1-16-7-8-20(25)19-14-21(27-23(16)19)24(32)26-17-5-4-6-18(13-17)29-9-11-30(12-10-29)22(31)15-28(2)3/h4-8,13,21,27H,9-12,14-15H2,1-3H3,(H,26,32). The predicted molar refractivity (Wildman–Crippen MR) is 125 cm³/mol. The van der Waals surface area contributed by atoms with Crippen molar-refractivity contribution in [2.24, 2.45) is 0 Å². The molecule has 0 aliphatic carbocycles. The van der Waals surface area contributed by atoms with Crippen LogP contribution in [0, 0.1) is 12.7 Å². The minimum absolute atomic E-state index is 0.146. The van der Waals surface area contributed by atoms with Crippen LogP contribution in [0.15, 0.2) is 36.4 Å². The van der Waals surface area contributed by atoms with Crippen LogP contribution in [-0.4, -0.2) is 74.5 Å². The molecule has 1 atom stereocenters. The first-order valence-corrected chi connectivity index (χ1v) is 10.9. The highest BCUT2D eigenvalue weighted by Gasteiger charge is 2.30. The number of fused-ring (bicyclic) bond motifs is 1. The van der Waals surface area contributed by atoms with Crippen molar-refractivity contribution >= 4 is 28.9 Å². The summed E-state index contributed by atoms with van der Waals surface area (Å²) in [6.07, 6.45) is 0.331. The summed E-state index contributed by atoms with van der Waals surface area (Å²) in [5.74, 6) is -0.317. The van der Waals surface area contributed by atoms with E-state index in [1.807, 2.05) is 55.1 Å². The van der Waals surface area contributed by atoms with Crippen LogP contribution in [0.5, 0.6) is 0 Å². The van der Waals surface area contributed by atoms with Crippen LogP contribution in [0.4, 0.5) is 21.5 Å². The zero-order valence-corrected chi connectivity index (χ0v) is 18.8. The van der Waals surface area contributed by atoms with Gasteiger partial charge in [-0.25, -0.2) is 4.39 Å². The van der Waals surface area contributed by atoms with Gasteiger partial charge in [0.2, 0.25) is 11.8 Å². The summed E-state index contributed by atoms with van der Waals surface area (Å²) >= 11 is 0. The number of rotatable bonds is 5. The lowest BCUT2D eigenvalue weighted by Crippen LogP contribution is -2.50. The van der Waals surface area contributed by atoms with Gasteiger partial charge in [-0.3, -0.25) is 9.59 Å². The van der Waals surface area contributed by atoms with Gasteiger partial charge in [-0.2, -0.15) is 0 Å². The Morgan fingerprint density at radius 3 is 2.59 bits per heavy atom. The van der Waals surface area contributed by atoms with E-state index in [1.54, 1.807) is 6.07 Å². The van der Waals surface area contributed by atoms with Gasteiger partial charge < -0.3 is 25.3 Å². The second-order valence-electron chi connectivity index (χ2n) is 8.76. The summed E-state index contributed by atoms with van der Waals surface area (Å²) in [6.45, 7) is 5.17. The lowest BCUT2D eigenvalue weighted by molar-refractivity contribution is -0.132. The monoisotopic (exact) mass is 439 g/mol. The van der Waals surface area contributed by atoms with E-state index >= 15 is 0 Å². The highest BCUT2D eigenvalue weighted by Crippen LogP contribution is 2.32. The highest BCUT2D eigenvalue weighted by molar-refractivity contribution is 5.98. The van der Waals surface area contributed by atoms with Gasteiger partial charge in [-0.15, -0.1) is 0 Å². The van der Waals surface area contributed by atoms with Crippen molar-refractivity contribution in [3.05, 3.63) is 53.3 Å². The molecule has 32 heavy (non-hydrogen) atoms. The van der Waals surface area contributed by atoms with Gasteiger partial charge in [0, 0.05) is 55.2 Å². The molecule has 2 aliphatic heterocycles. The molecule has 170 valence electrons. The number of nitrogens with one attached hydrogen (secondary N) is 2. The summed E-state index contributed by atoms with van der Waals surface area (Å²) in [5, 5.41) is 6.13. The van der Waals surface area contributed by atoms with Crippen LogP contribution < -0.4 is 15.5 Å². The van der Waals surface area contributed by atoms with E-state index in [0.717, 1.165) is 30.0 Å². The number of benzene rings is 2. The number of likely N-dealkylation sites (N-methyl/N-ethyl adjacent to an activating group) is 1. The fourth-order valence-corrected chi connectivity index (χ4v) is 4.32. The van der Waals surface area contributed by atoms with E-state index in [-0.39, 0.29) is 17.6 Å². The Balaban J connectivity index is 1.36. The summed E-state index contributed by atoms with van der Waals surface area (Å²) < 4.78 is 14.1.